The molecule has 0 aliphatic heterocycles. The van der Waals surface area contributed by atoms with Gasteiger partial charge in [-0.05, 0) is 31.9 Å². The van der Waals surface area contributed by atoms with E-state index in [1.54, 1.807) is 0 Å². The molecule has 0 saturated heterocycles. The Kier molecular flexibility index (Phi) is 3.51. The first kappa shape index (κ1) is 13.1. The van der Waals surface area contributed by atoms with Crippen LogP contribution in [0.1, 0.15) is 27.2 Å². The van der Waals surface area contributed by atoms with Gasteiger partial charge in [0.1, 0.15) is 5.69 Å². The molecule has 0 atom stereocenters. The standard InChI is InChI=1S/C15H16N2O2/c1-9-6-10(2)14(11(3)7-9)17-15(19)13-8-12(18)4-5-16-13/h4-8H,1-3H3,(H,16,18)(H,17,19). The van der Waals surface area contributed by atoms with Gasteiger partial charge < -0.3 is 10.3 Å². The lowest BCUT2D eigenvalue weighted by molar-refractivity contribution is 0.102. The summed E-state index contributed by atoms with van der Waals surface area (Å²) in [6.45, 7) is 5.91. The van der Waals surface area contributed by atoms with Crippen molar-refractivity contribution in [1.82, 2.24) is 4.98 Å². The number of nitrogens with one attached hydrogen (secondary N) is 2. The first-order valence-corrected chi connectivity index (χ1v) is 6.05. The predicted octanol–water partition coefficient (Wildman–Crippen LogP) is 2.55. The van der Waals surface area contributed by atoms with Crippen molar-refractivity contribution in [1.29, 1.82) is 0 Å². The maximum absolute atomic E-state index is 12.1. The van der Waals surface area contributed by atoms with E-state index in [0.29, 0.717) is 0 Å². The molecule has 1 aromatic heterocycles. The van der Waals surface area contributed by atoms with Crippen molar-refractivity contribution >= 4 is 11.6 Å². The van der Waals surface area contributed by atoms with Gasteiger partial charge in [0, 0.05) is 24.0 Å². The van der Waals surface area contributed by atoms with Crippen LogP contribution in [0.2, 0.25) is 0 Å². The Morgan fingerprint density at radius 3 is 2.32 bits per heavy atom. The Morgan fingerprint density at radius 1 is 1.11 bits per heavy atom. The normalized spacial score (nSPS) is 10.3. The highest BCUT2D eigenvalue weighted by Crippen LogP contribution is 2.22. The van der Waals surface area contributed by atoms with Gasteiger partial charge in [0.25, 0.3) is 5.91 Å². The molecule has 0 saturated carbocycles. The zero-order valence-corrected chi connectivity index (χ0v) is 11.2. The lowest BCUT2D eigenvalue weighted by atomic mass is 10.0. The van der Waals surface area contributed by atoms with Crippen LogP contribution in [0.5, 0.6) is 0 Å². The summed E-state index contributed by atoms with van der Waals surface area (Å²) in [4.78, 5) is 26.1. The Balaban J connectivity index is 2.32. The number of hydrogen-bond donors (Lipinski definition) is 2. The van der Waals surface area contributed by atoms with Gasteiger partial charge in [-0.2, -0.15) is 0 Å². The van der Waals surface area contributed by atoms with Crippen LogP contribution in [0.4, 0.5) is 5.69 Å². The van der Waals surface area contributed by atoms with Gasteiger partial charge in [0.05, 0.1) is 0 Å². The molecular formula is C15H16N2O2. The molecule has 0 aliphatic rings. The molecular weight excluding hydrogens is 240 g/mol. The van der Waals surface area contributed by atoms with E-state index >= 15 is 0 Å². The number of benzene rings is 1. The van der Waals surface area contributed by atoms with E-state index in [1.807, 2.05) is 32.9 Å². The quantitative estimate of drug-likeness (QED) is 0.867. The average molecular weight is 256 g/mol. The molecule has 4 heteroatoms. The summed E-state index contributed by atoms with van der Waals surface area (Å²) in [6, 6.07) is 6.68. The maximum atomic E-state index is 12.1. The highest BCUT2D eigenvalue weighted by Gasteiger charge is 2.10. The number of H-pyrrole nitrogens is 1. The molecule has 4 nitrogen and oxygen atoms in total. The van der Waals surface area contributed by atoms with Gasteiger partial charge in [0.15, 0.2) is 5.43 Å². The zero-order chi connectivity index (χ0) is 14.0. The molecule has 1 aromatic carbocycles. The smallest absolute Gasteiger partial charge is 0.272 e. The Bertz CT molecular complexity index is 664. The lowest BCUT2D eigenvalue weighted by Gasteiger charge is -2.12. The molecule has 0 spiro atoms. The summed E-state index contributed by atoms with van der Waals surface area (Å²) in [5, 5.41) is 2.84. The van der Waals surface area contributed by atoms with Gasteiger partial charge in [-0.3, -0.25) is 9.59 Å². The van der Waals surface area contributed by atoms with Crippen molar-refractivity contribution in [2.45, 2.75) is 20.8 Å². The summed E-state index contributed by atoms with van der Waals surface area (Å²) in [7, 11) is 0. The second-order valence-corrected chi connectivity index (χ2v) is 4.67. The summed E-state index contributed by atoms with van der Waals surface area (Å²) >= 11 is 0. The molecule has 2 rings (SSSR count). The third kappa shape index (κ3) is 2.91. The highest BCUT2D eigenvalue weighted by molar-refractivity contribution is 6.03. The monoisotopic (exact) mass is 256 g/mol. The minimum Gasteiger partial charge on any atom is -0.357 e. The van der Waals surface area contributed by atoms with Gasteiger partial charge in [-0.15, -0.1) is 0 Å². The van der Waals surface area contributed by atoms with E-state index in [-0.39, 0.29) is 17.0 Å². The molecule has 0 unspecified atom stereocenters. The topological polar surface area (TPSA) is 62.0 Å². The molecule has 0 aliphatic carbocycles. The molecule has 98 valence electrons. The number of aromatic nitrogens is 1. The summed E-state index contributed by atoms with van der Waals surface area (Å²) in [5.74, 6) is -0.312. The van der Waals surface area contributed by atoms with Crippen molar-refractivity contribution in [2.75, 3.05) is 5.32 Å². The van der Waals surface area contributed by atoms with Gasteiger partial charge >= 0.3 is 0 Å². The Morgan fingerprint density at radius 2 is 1.74 bits per heavy atom. The SMILES string of the molecule is Cc1cc(C)c(NC(=O)c2cc(=O)cc[nH]2)c(C)c1. The van der Waals surface area contributed by atoms with Gasteiger partial charge in [-0.25, -0.2) is 0 Å². The number of anilines is 1. The Hall–Kier alpha value is -2.36. The highest BCUT2D eigenvalue weighted by atomic mass is 16.2. The fraction of sp³-hybridized carbons (Fsp3) is 0.200. The third-order valence-electron chi connectivity index (χ3n) is 2.93. The van der Waals surface area contributed by atoms with Crippen LogP contribution in [-0.4, -0.2) is 10.9 Å². The fourth-order valence-electron chi connectivity index (χ4n) is 2.13. The minimum absolute atomic E-state index is 0.193. The minimum atomic E-state index is -0.312. The summed E-state index contributed by atoms with van der Waals surface area (Å²) in [6.07, 6.45) is 1.46. The molecule has 2 aromatic rings. The van der Waals surface area contributed by atoms with Gasteiger partial charge in [0.2, 0.25) is 0 Å². The van der Waals surface area contributed by atoms with E-state index in [1.165, 1.54) is 18.3 Å². The first-order valence-electron chi connectivity index (χ1n) is 6.05. The number of aryl methyl sites for hydroxylation is 3. The van der Waals surface area contributed by atoms with E-state index in [0.717, 1.165) is 22.4 Å². The molecule has 0 bridgehead atoms. The number of aromatic amines is 1. The number of hydrogen-bond acceptors (Lipinski definition) is 2. The van der Waals surface area contributed by atoms with Gasteiger partial charge in [-0.1, -0.05) is 17.7 Å². The van der Waals surface area contributed by atoms with Crippen molar-refractivity contribution in [3.05, 3.63) is 63.1 Å². The van der Waals surface area contributed by atoms with Crippen molar-refractivity contribution in [2.24, 2.45) is 0 Å². The molecule has 0 radical (unpaired) electrons. The zero-order valence-electron chi connectivity index (χ0n) is 11.2. The molecule has 2 N–H and O–H groups in total. The molecule has 1 amide bonds. The number of rotatable bonds is 2. The second kappa shape index (κ2) is 5.10. The lowest BCUT2D eigenvalue weighted by Crippen LogP contribution is -2.17. The van der Waals surface area contributed by atoms with Crippen molar-refractivity contribution in [3.63, 3.8) is 0 Å². The van der Waals surface area contributed by atoms with E-state index in [2.05, 4.69) is 10.3 Å². The predicted molar refractivity (Wildman–Crippen MR) is 75.7 cm³/mol. The van der Waals surface area contributed by atoms with E-state index < -0.39 is 0 Å². The number of pyridine rings is 1. The van der Waals surface area contributed by atoms with Crippen LogP contribution in [0.25, 0.3) is 0 Å². The Labute approximate surface area is 111 Å². The van der Waals surface area contributed by atoms with Crippen LogP contribution < -0.4 is 10.7 Å². The van der Waals surface area contributed by atoms with Crippen LogP contribution in [0, 0.1) is 20.8 Å². The van der Waals surface area contributed by atoms with E-state index in [9.17, 15) is 9.59 Å². The van der Waals surface area contributed by atoms with Crippen LogP contribution in [0.15, 0.2) is 35.3 Å². The van der Waals surface area contributed by atoms with Crippen LogP contribution in [0.3, 0.4) is 0 Å². The average Bonchev–Trinajstić information content (AvgIpc) is 2.33. The fourth-order valence-corrected chi connectivity index (χ4v) is 2.13. The van der Waals surface area contributed by atoms with E-state index in [4.69, 9.17) is 0 Å². The third-order valence-corrected chi connectivity index (χ3v) is 2.93. The maximum Gasteiger partial charge on any atom is 0.272 e. The first-order chi connectivity index (χ1) is 8.97. The largest absolute Gasteiger partial charge is 0.357 e. The van der Waals surface area contributed by atoms with Crippen LogP contribution in [-0.2, 0) is 0 Å². The van der Waals surface area contributed by atoms with Crippen LogP contribution >= 0.6 is 0 Å². The number of carbonyl (C=O) groups is 1. The number of amides is 1. The van der Waals surface area contributed by atoms with Crippen molar-refractivity contribution < 1.29 is 4.79 Å². The number of carbonyl (C=O) groups excluding carboxylic acids is 1. The van der Waals surface area contributed by atoms with Crippen molar-refractivity contribution in [3.8, 4) is 0 Å². The summed E-state index contributed by atoms with van der Waals surface area (Å²) in [5.41, 5.74) is 4.02. The molecule has 19 heavy (non-hydrogen) atoms. The second-order valence-electron chi connectivity index (χ2n) is 4.67. The molecule has 0 fully saturated rings. The molecule has 1 heterocycles. The summed E-state index contributed by atoms with van der Waals surface area (Å²) < 4.78 is 0.